The number of hydrogen-bond acceptors (Lipinski definition) is 17. The second kappa shape index (κ2) is 17.1. The van der Waals surface area contributed by atoms with E-state index in [1.54, 1.807) is 12.1 Å². The predicted octanol–water partition coefficient (Wildman–Crippen LogP) is -3.80. The fourth-order valence-electron chi connectivity index (χ4n) is 2.91. The molecule has 0 radical (unpaired) electrons. The molecule has 0 saturated carbocycles. The van der Waals surface area contributed by atoms with Gasteiger partial charge in [0.1, 0.15) is 60.9 Å². The number of aromatic amines is 1. The Bertz CT molecular complexity index is 1170. The summed E-state index contributed by atoms with van der Waals surface area (Å²) in [6.45, 7) is -0.370. The maximum atomic E-state index is 9.77. The van der Waals surface area contributed by atoms with E-state index in [9.17, 15) is 30.6 Å². The van der Waals surface area contributed by atoms with Gasteiger partial charge in [0.25, 0.3) is 5.97 Å². The number of hydrogen-bond donors (Lipinski definition) is 11. The molecule has 7 atom stereocenters. The zero-order valence-corrected chi connectivity index (χ0v) is 21.5. The molecule has 228 valence electrons. The summed E-state index contributed by atoms with van der Waals surface area (Å²) in [6, 6.07) is 4.88. The summed E-state index contributed by atoms with van der Waals surface area (Å²) in [4.78, 5) is 15.7. The second-order valence-electron chi connectivity index (χ2n) is 8.10. The van der Waals surface area contributed by atoms with Crippen LogP contribution in [0.5, 0.6) is 0 Å². The first-order chi connectivity index (χ1) is 19.3. The van der Waals surface area contributed by atoms with E-state index in [2.05, 4.69) is 29.3 Å². The largest absolute Gasteiger partial charge is 0.481 e. The van der Waals surface area contributed by atoms with Crippen molar-refractivity contribution in [1.29, 1.82) is 5.26 Å². The fraction of sp³-hybridized carbons (Fsp3) is 0.500. The Hall–Kier alpha value is -3.81. The van der Waals surface area contributed by atoms with Gasteiger partial charge in [0.05, 0.1) is 25.1 Å². The van der Waals surface area contributed by atoms with Gasteiger partial charge in [0.2, 0.25) is 5.79 Å². The molecule has 3 aromatic heterocycles. The summed E-state index contributed by atoms with van der Waals surface area (Å²) < 4.78 is 13.7. The molecule has 4 rings (SSSR count). The van der Waals surface area contributed by atoms with E-state index in [4.69, 9.17) is 35.8 Å². The fourth-order valence-corrected chi connectivity index (χ4v) is 2.91. The van der Waals surface area contributed by atoms with Crippen LogP contribution in [0.15, 0.2) is 39.9 Å². The number of carboxylic acid groups (broad SMARTS) is 1. The molecule has 1 saturated heterocycles. The number of nitrogens with zero attached hydrogens (tertiary/aromatic N) is 4. The van der Waals surface area contributed by atoms with Crippen molar-refractivity contribution in [3.8, 4) is 17.6 Å². The third-order valence-electron chi connectivity index (χ3n) is 5.05. The number of nitrogens with one attached hydrogen (secondary N) is 1. The van der Waals surface area contributed by atoms with Crippen LogP contribution >= 0.6 is 0 Å². The molecule has 1 fully saturated rings. The molecule has 3 aromatic rings. The SMILES string of the molecule is CC(=O)O.N#Cc1ccon1.NCC1(O)OC(CO)[C@@H](O)[C@@H]1O.OC[C@@H](O)[C@@H](O)[C@H](O)c1cnc(-c2ccon2)[nH]1. The number of ether oxygens (including phenoxy) is 1. The number of aliphatic hydroxyl groups excluding tert-OH is 7. The van der Waals surface area contributed by atoms with E-state index in [-0.39, 0.29) is 12.2 Å². The first kappa shape index (κ1) is 35.2. The van der Waals surface area contributed by atoms with Crippen molar-refractivity contribution < 1.29 is 64.5 Å². The topological polar surface area (TPSA) is 339 Å². The van der Waals surface area contributed by atoms with Crippen LogP contribution in [0.3, 0.4) is 0 Å². The summed E-state index contributed by atoms with van der Waals surface area (Å²) >= 11 is 0. The first-order valence-corrected chi connectivity index (χ1v) is 11.5. The van der Waals surface area contributed by atoms with E-state index >= 15 is 0 Å². The average Bonchev–Trinajstić information content (AvgIpc) is 3.78. The molecule has 1 aliphatic rings. The molecule has 2 unspecified atom stereocenters. The number of rotatable bonds is 7. The molecule has 1 aliphatic heterocycles. The first-order valence-electron chi connectivity index (χ1n) is 11.5. The smallest absolute Gasteiger partial charge is 0.300 e. The van der Waals surface area contributed by atoms with E-state index in [1.165, 1.54) is 24.8 Å². The van der Waals surface area contributed by atoms with E-state index in [0.29, 0.717) is 17.2 Å². The minimum Gasteiger partial charge on any atom is -0.481 e. The Kier molecular flexibility index (Phi) is 14.7. The normalized spacial score (nSPS) is 23.3. The van der Waals surface area contributed by atoms with Crippen molar-refractivity contribution in [2.75, 3.05) is 19.8 Å². The average molecular weight is 589 g/mol. The highest BCUT2D eigenvalue weighted by Gasteiger charge is 2.52. The number of aliphatic carboxylic acids is 1. The minimum atomic E-state index is -1.94. The Morgan fingerprint density at radius 1 is 1.20 bits per heavy atom. The number of carbonyl (C=O) groups is 1. The van der Waals surface area contributed by atoms with E-state index < -0.39 is 61.6 Å². The molecule has 19 nitrogen and oxygen atoms in total. The van der Waals surface area contributed by atoms with Crippen molar-refractivity contribution in [3.63, 3.8) is 0 Å². The van der Waals surface area contributed by atoms with E-state index in [0.717, 1.165) is 6.92 Å². The van der Waals surface area contributed by atoms with Gasteiger partial charge in [-0.3, -0.25) is 4.79 Å². The lowest BCUT2D eigenvalue weighted by Crippen LogP contribution is -2.48. The highest BCUT2D eigenvalue weighted by Crippen LogP contribution is 2.27. The highest BCUT2D eigenvalue weighted by atomic mass is 16.7. The van der Waals surface area contributed by atoms with Gasteiger partial charge in [-0.1, -0.05) is 10.3 Å². The molecular formula is C22H32N6O13. The van der Waals surface area contributed by atoms with Crippen LogP contribution < -0.4 is 5.73 Å². The summed E-state index contributed by atoms with van der Waals surface area (Å²) in [5, 5.41) is 96.0. The summed E-state index contributed by atoms with van der Waals surface area (Å²) in [6.07, 6.45) is -4.05. The molecule has 0 spiro atoms. The van der Waals surface area contributed by atoms with Gasteiger partial charge in [-0.15, -0.1) is 0 Å². The van der Waals surface area contributed by atoms with Crippen LogP contribution in [0.25, 0.3) is 11.5 Å². The zero-order valence-electron chi connectivity index (χ0n) is 21.5. The number of nitriles is 1. The van der Waals surface area contributed by atoms with Gasteiger partial charge in [-0.25, -0.2) is 4.98 Å². The molecule has 0 aromatic carbocycles. The van der Waals surface area contributed by atoms with Crippen LogP contribution in [0.1, 0.15) is 24.4 Å². The van der Waals surface area contributed by atoms with Crippen molar-refractivity contribution in [2.24, 2.45) is 5.73 Å². The molecule has 0 aliphatic carbocycles. The summed E-state index contributed by atoms with van der Waals surface area (Å²) in [5.41, 5.74) is 6.08. The lowest BCUT2D eigenvalue weighted by Gasteiger charge is -2.23. The maximum absolute atomic E-state index is 9.77. The number of aromatic nitrogens is 4. The predicted molar refractivity (Wildman–Crippen MR) is 131 cm³/mol. The Balaban J connectivity index is 0.000000313. The van der Waals surface area contributed by atoms with Crippen LogP contribution in [-0.2, 0) is 9.53 Å². The van der Waals surface area contributed by atoms with Crippen molar-refractivity contribution in [1.82, 2.24) is 20.3 Å². The minimum absolute atomic E-state index is 0.202. The number of nitrogens with two attached hydrogens (primary N) is 1. The summed E-state index contributed by atoms with van der Waals surface area (Å²) in [5.74, 6) is -2.41. The van der Waals surface area contributed by atoms with Crippen LogP contribution in [0, 0.1) is 11.3 Å². The molecule has 0 bridgehead atoms. The molecule has 19 heteroatoms. The number of imidazole rings is 1. The number of carboxylic acids is 1. The van der Waals surface area contributed by atoms with Crippen LogP contribution in [0.2, 0.25) is 0 Å². The van der Waals surface area contributed by atoms with Crippen molar-refractivity contribution in [3.05, 3.63) is 42.2 Å². The van der Waals surface area contributed by atoms with Gasteiger partial charge in [0.15, 0.2) is 11.5 Å². The third kappa shape index (κ3) is 10.6. The van der Waals surface area contributed by atoms with Crippen LogP contribution in [0.4, 0.5) is 0 Å². The standard InChI is InChI=1S/C10H13N3O5.C6H13NO5.C4H2N2O.C2H4O2/c14-4-7(15)9(17)8(16)6-3-11-10(12-6)5-1-2-18-13-5;7-2-6(11)5(10)4(9)3(1-8)12-6;5-3-4-1-2-7-6-4;1-2(3)4/h1-3,7-9,14-17H,4H2,(H,11,12);3-5,8-11H,1-2,7H2;1-2H;1H3,(H,3,4)/t7-,8-,9-;3?,4-,5+,6?;;/m11../s1. The van der Waals surface area contributed by atoms with Crippen LogP contribution in [-0.4, -0.2) is 128 Å². The maximum Gasteiger partial charge on any atom is 0.300 e. The number of aliphatic hydroxyl groups is 8. The lowest BCUT2D eigenvalue weighted by atomic mass is 10.1. The van der Waals surface area contributed by atoms with Gasteiger partial charge in [0, 0.05) is 25.6 Å². The molecule has 0 amide bonds. The molecule has 41 heavy (non-hydrogen) atoms. The van der Waals surface area contributed by atoms with E-state index in [1.807, 2.05) is 0 Å². The van der Waals surface area contributed by atoms with Gasteiger partial charge >= 0.3 is 0 Å². The highest BCUT2D eigenvalue weighted by molar-refractivity contribution is 5.62. The van der Waals surface area contributed by atoms with Gasteiger partial charge in [-0.05, 0) is 0 Å². The van der Waals surface area contributed by atoms with Crippen molar-refractivity contribution >= 4 is 5.97 Å². The Morgan fingerprint density at radius 2 is 1.80 bits per heavy atom. The summed E-state index contributed by atoms with van der Waals surface area (Å²) in [7, 11) is 0. The molecule has 12 N–H and O–H groups in total. The number of H-pyrrole nitrogens is 1. The second-order valence-corrected chi connectivity index (χ2v) is 8.10. The Morgan fingerprint density at radius 3 is 2.20 bits per heavy atom. The monoisotopic (exact) mass is 588 g/mol. The third-order valence-corrected chi connectivity index (χ3v) is 5.05. The van der Waals surface area contributed by atoms with Gasteiger partial charge in [-0.2, -0.15) is 5.26 Å². The zero-order chi connectivity index (χ0) is 31.2. The lowest BCUT2D eigenvalue weighted by molar-refractivity contribution is -0.222. The van der Waals surface area contributed by atoms with Crippen molar-refractivity contribution in [2.45, 2.75) is 49.3 Å². The quantitative estimate of drug-likeness (QED) is 0.126. The Labute approximate surface area is 231 Å². The molecular weight excluding hydrogens is 556 g/mol. The van der Waals surface area contributed by atoms with Gasteiger partial charge < -0.3 is 70.5 Å². The molecule has 4 heterocycles.